The lowest BCUT2D eigenvalue weighted by molar-refractivity contribution is -0.146. The monoisotopic (exact) mass is 347 g/mol. The molecule has 2 N–H and O–H groups in total. The number of methoxy groups -OCH3 is 1. The van der Waals surface area contributed by atoms with Gasteiger partial charge in [-0.15, -0.1) is 0 Å². The highest BCUT2D eigenvalue weighted by atomic mass is 16.5. The number of benzene rings is 1. The molecule has 134 valence electrons. The highest BCUT2D eigenvalue weighted by molar-refractivity contribution is 5.86. The Hall–Kier alpha value is -2.90. The Morgan fingerprint density at radius 1 is 1.28 bits per heavy atom. The number of aromatic nitrogens is 2. The first-order valence-corrected chi connectivity index (χ1v) is 7.83. The van der Waals surface area contributed by atoms with Gasteiger partial charge >= 0.3 is 5.97 Å². The van der Waals surface area contributed by atoms with Crippen LogP contribution >= 0.6 is 0 Å². The van der Waals surface area contributed by atoms with Gasteiger partial charge in [-0.3, -0.25) is 4.79 Å². The molecule has 2 aromatic rings. The highest BCUT2D eigenvalue weighted by Crippen LogP contribution is 2.20. The maximum atomic E-state index is 11.8. The van der Waals surface area contributed by atoms with Crippen molar-refractivity contribution in [3.8, 4) is 17.1 Å². The fraction of sp³-hybridized carbons (Fsp3) is 0.412. The summed E-state index contributed by atoms with van der Waals surface area (Å²) >= 11 is 0. The summed E-state index contributed by atoms with van der Waals surface area (Å²) in [4.78, 5) is 27.1. The molecule has 0 aliphatic heterocycles. The molecule has 0 unspecified atom stereocenters. The highest BCUT2D eigenvalue weighted by Gasteiger charge is 2.28. The van der Waals surface area contributed by atoms with E-state index in [2.05, 4.69) is 15.5 Å². The molecule has 0 aliphatic rings. The minimum Gasteiger partial charge on any atom is -0.497 e. The summed E-state index contributed by atoms with van der Waals surface area (Å²) in [7, 11) is 1.59. The van der Waals surface area contributed by atoms with Crippen molar-refractivity contribution in [2.75, 3.05) is 7.11 Å². The number of rotatable bonds is 8. The molecule has 0 atom stereocenters. The molecule has 8 nitrogen and oxygen atoms in total. The number of ether oxygens (including phenoxy) is 1. The van der Waals surface area contributed by atoms with Gasteiger partial charge in [0.1, 0.15) is 11.3 Å². The Kier molecular flexibility index (Phi) is 5.74. The number of carbonyl (C=O) groups excluding carboxylic acids is 1. The Balaban J connectivity index is 1.85. The molecule has 1 aromatic heterocycles. The quantitative estimate of drug-likeness (QED) is 0.751. The van der Waals surface area contributed by atoms with Gasteiger partial charge in [-0.2, -0.15) is 4.98 Å². The number of nitrogens with zero attached hydrogens (tertiary/aromatic N) is 2. The molecule has 0 aliphatic carbocycles. The molecular weight excluding hydrogens is 326 g/mol. The Morgan fingerprint density at radius 2 is 1.96 bits per heavy atom. The van der Waals surface area contributed by atoms with E-state index >= 15 is 0 Å². The van der Waals surface area contributed by atoms with E-state index in [1.54, 1.807) is 19.2 Å². The third kappa shape index (κ3) is 5.03. The molecule has 8 heteroatoms. The first-order chi connectivity index (χ1) is 11.8. The SMILES string of the molecule is COc1ccc(-c2noc(CCCC(=O)NC(C)(C)C(=O)O)n2)cc1. The summed E-state index contributed by atoms with van der Waals surface area (Å²) < 4.78 is 10.3. The number of carboxylic acids is 1. The van der Waals surface area contributed by atoms with Gasteiger partial charge in [0.05, 0.1) is 7.11 Å². The zero-order valence-electron chi connectivity index (χ0n) is 14.4. The molecule has 0 fully saturated rings. The summed E-state index contributed by atoms with van der Waals surface area (Å²) in [6, 6.07) is 7.27. The predicted molar refractivity (Wildman–Crippen MR) is 89.1 cm³/mol. The fourth-order valence-corrected chi connectivity index (χ4v) is 2.08. The third-order valence-electron chi connectivity index (χ3n) is 3.60. The van der Waals surface area contributed by atoms with Crippen molar-refractivity contribution in [3.63, 3.8) is 0 Å². The summed E-state index contributed by atoms with van der Waals surface area (Å²) in [5.74, 6) is 0.220. The van der Waals surface area contributed by atoms with Gasteiger partial charge in [-0.05, 0) is 44.5 Å². The summed E-state index contributed by atoms with van der Waals surface area (Å²) in [6.45, 7) is 2.87. The second-order valence-electron chi connectivity index (χ2n) is 6.07. The van der Waals surface area contributed by atoms with Gasteiger partial charge in [-0.25, -0.2) is 4.79 Å². The van der Waals surface area contributed by atoms with Gasteiger partial charge in [0.15, 0.2) is 0 Å². The van der Waals surface area contributed by atoms with Gasteiger partial charge in [0, 0.05) is 18.4 Å². The molecule has 0 saturated heterocycles. The van der Waals surface area contributed by atoms with E-state index in [4.69, 9.17) is 14.4 Å². The van der Waals surface area contributed by atoms with E-state index in [1.807, 2.05) is 12.1 Å². The van der Waals surface area contributed by atoms with Crippen molar-refractivity contribution in [1.82, 2.24) is 15.5 Å². The maximum Gasteiger partial charge on any atom is 0.328 e. The number of carbonyl (C=O) groups is 2. The summed E-state index contributed by atoms with van der Waals surface area (Å²) in [5.41, 5.74) is -0.486. The Morgan fingerprint density at radius 3 is 2.56 bits per heavy atom. The van der Waals surface area contributed by atoms with E-state index in [-0.39, 0.29) is 12.3 Å². The summed E-state index contributed by atoms with van der Waals surface area (Å²) in [5, 5.41) is 15.4. The van der Waals surface area contributed by atoms with Crippen LogP contribution in [0.4, 0.5) is 0 Å². The van der Waals surface area contributed by atoms with Crippen LogP contribution in [-0.4, -0.2) is 39.8 Å². The van der Waals surface area contributed by atoms with E-state index < -0.39 is 11.5 Å². The topological polar surface area (TPSA) is 115 Å². The second kappa shape index (κ2) is 7.78. The standard InChI is InChI=1S/C17H21N3O5/c1-17(2,16(22)23)19-13(21)5-4-6-14-18-15(20-25-14)11-7-9-12(24-3)10-8-11/h7-10H,4-6H2,1-3H3,(H,19,21)(H,22,23). The number of aliphatic carboxylic acids is 1. The van der Waals surface area contributed by atoms with Crippen molar-refractivity contribution in [3.05, 3.63) is 30.2 Å². The number of amides is 1. The number of aryl methyl sites for hydroxylation is 1. The molecule has 0 saturated carbocycles. The molecule has 0 bridgehead atoms. The first kappa shape index (κ1) is 18.4. The van der Waals surface area contributed by atoms with Crippen LogP contribution in [0.25, 0.3) is 11.4 Å². The molecule has 0 spiro atoms. The lowest BCUT2D eigenvalue weighted by Gasteiger charge is -2.20. The second-order valence-corrected chi connectivity index (χ2v) is 6.07. The molecule has 25 heavy (non-hydrogen) atoms. The van der Waals surface area contributed by atoms with Gasteiger partial charge in [0.2, 0.25) is 17.6 Å². The van der Waals surface area contributed by atoms with E-state index in [1.165, 1.54) is 13.8 Å². The van der Waals surface area contributed by atoms with Crippen LogP contribution in [0.1, 0.15) is 32.6 Å². The first-order valence-electron chi connectivity index (χ1n) is 7.83. The van der Waals surface area contributed by atoms with Gasteiger partial charge < -0.3 is 19.7 Å². The fourth-order valence-electron chi connectivity index (χ4n) is 2.08. The third-order valence-corrected chi connectivity index (χ3v) is 3.60. The lowest BCUT2D eigenvalue weighted by atomic mass is 10.1. The zero-order valence-corrected chi connectivity index (χ0v) is 14.4. The molecule has 1 amide bonds. The van der Waals surface area contributed by atoms with Gasteiger partial charge in [0.25, 0.3) is 0 Å². The molecular formula is C17H21N3O5. The van der Waals surface area contributed by atoms with Crippen molar-refractivity contribution >= 4 is 11.9 Å². The van der Waals surface area contributed by atoms with E-state index in [0.717, 1.165) is 11.3 Å². The number of hydrogen-bond acceptors (Lipinski definition) is 6. The van der Waals surface area contributed by atoms with E-state index in [0.29, 0.717) is 24.6 Å². The average Bonchev–Trinajstić information content (AvgIpc) is 3.03. The molecule has 1 aromatic carbocycles. The van der Waals surface area contributed by atoms with Crippen LogP contribution in [0.2, 0.25) is 0 Å². The van der Waals surface area contributed by atoms with Crippen LogP contribution in [0.15, 0.2) is 28.8 Å². The predicted octanol–water partition coefficient (Wildman–Crippen LogP) is 2.05. The number of nitrogens with one attached hydrogen (secondary N) is 1. The van der Waals surface area contributed by atoms with Crippen LogP contribution in [0.5, 0.6) is 5.75 Å². The minimum absolute atomic E-state index is 0.178. The van der Waals surface area contributed by atoms with Crippen LogP contribution in [-0.2, 0) is 16.0 Å². The lowest BCUT2D eigenvalue weighted by Crippen LogP contribution is -2.49. The van der Waals surface area contributed by atoms with Crippen molar-refractivity contribution in [2.45, 2.75) is 38.6 Å². The molecule has 2 rings (SSSR count). The summed E-state index contributed by atoms with van der Waals surface area (Å²) in [6.07, 6.45) is 1.09. The minimum atomic E-state index is -1.29. The van der Waals surface area contributed by atoms with Crippen molar-refractivity contribution < 1.29 is 24.0 Å². The van der Waals surface area contributed by atoms with Crippen molar-refractivity contribution in [1.29, 1.82) is 0 Å². The van der Waals surface area contributed by atoms with Crippen LogP contribution < -0.4 is 10.1 Å². The number of hydrogen-bond donors (Lipinski definition) is 2. The average molecular weight is 347 g/mol. The Labute approximate surface area is 145 Å². The normalized spacial score (nSPS) is 11.2. The Bertz CT molecular complexity index is 737. The van der Waals surface area contributed by atoms with Crippen molar-refractivity contribution in [2.24, 2.45) is 0 Å². The van der Waals surface area contributed by atoms with Crippen LogP contribution in [0, 0.1) is 0 Å². The zero-order chi connectivity index (χ0) is 18.4. The smallest absolute Gasteiger partial charge is 0.328 e. The van der Waals surface area contributed by atoms with Crippen LogP contribution in [0.3, 0.4) is 0 Å². The largest absolute Gasteiger partial charge is 0.497 e. The number of carboxylic acid groups (broad SMARTS) is 1. The van der Waals surface area contributed by atoms with Gasteiger partial charge in [-0.1, -0.05) is 5.16 Å². The van der Waals surface area contributed by atoms with E-state index in [9.17, 15) is 9.59 Å². The molecule has 0 radical (unpaired) electrons. The maximum absolute atomic E-state index is 11.8. The molecule has 1 heterocycles.